The minimum Gasteiger partial charge on any atom is -0.410 e. The van der Waals surface area contributed by atoms with Gasteiger partial charge in [-0.1, -0.05) is 49.7 Å². The van der Waals surface area contributed by atoms with Gasteiger partial charge in [0.05, 0.1) is 0 Å². The summed E-state index contributed by atoms with van der Waals surface area (Å²) in [5.41, 5.74) is 2.20. The van der Waals surface area contributed by atoms with Gasteiger partial charge in [-0.2, -0.15) is 0 Å². The Hall–Kier alpha value is -2.00. The van der Waals surface area contributed by atoms with Crippen molar-refractivity contribution in [1.82, 2.24) is 5.32 Å². The first-order valence-corrected chi connectivity index (χ1v) is 8.19. The zero-order valence-electron chi connectivity index (χ0n) is 13.4. The highest BCUT2D eigenvalue weighted by Crippen LogP contribution is 2.29. The first-order valence-electron chi connectivity index (χ1n) is 7.82. The van der Waals surface area contributed by atoms with Crippen LogP contribution in [-0.4, -0.2) is 12.6 Å². The first kappa shape index (κ1) is 17.4. The molecule has 2 aromatic rings. The van der Waals surface area contributed by atoms with Gasteiger partial charge in [0.15, 0.2) is 0 Å². The fourth-order valence-corrected chi connectivity index (χ4v) is 2.54. The summed E-state index contributed by atoms with van der Waals surface area (Å²) >= 11 is 6.08. The maximum Gasteiger partial charge on any atom is 0.412 e. The van der Waals surface area contributed by atoms with Gasteiger partial charge in [0.2, 0.25) is 0 Å². The SMILES string of the molecule is CCCNC(=O)Oc1ccc([C](CC)c2cccc(Cl)c2)cc1. The van der Waals surface area contributed by atoms with Gasteiger partial charge in [-0.05, 0) is 48.2 Å². The molecule has 0 unspecified atom stereocenters. The molecule has 0 aliphatic heterocycles. The van der Waals surface area contributed by atoms with E-state index in [-0.39, 0.29) is 0 Å². The fourth-order valence-electron chi connectivity index (χ4n) is 2.35. The van der Waals surface area contributed by atoms with E-state index in [1.54, 1.807) is 12.1 Å². The molecule has 23 heavy (non-hydrogen) atoms. The van der Waals surface area contributed by atoms with Crippen LogP contribution in [-0.2, 0) is 0 Å². The molecule has 0 aliphatic carbocycles. The molecule has 0 aromatic heterocycles. The van der Waals surface area contributed by atoms with Gasteiger partial charge >= 0.3 is 6.09 Å². The topological polar surface area (TPSA) is 38.3 Å². The molecule has 3 nitrogen and oxygen atoms in total. The molecule has 0 fully saturated rings. The highest BCUT2D eigenvalue weighted by atomic mass is 35.5. The van der Waals surface area contributed by atoms with Gasteiger partial charge in [0.1, 0.15) is 5.75 Å². The molecule has 1 radical (unpaired) electrons. The summed E-state index contributed by atoms with van der Waals surface area (Å²) in [6, 6.07) is 15.4. The average molecular weight is 331 g/mol. The van der Waals surface area contributed by atoms with Crippen molar-refractivity contribution in [2.75, 3.05) is 6.54 Å². The van der Waals surface area contributed by atoms with E-state index in [9.17, 15) is 4.79 Å². The zero-order chi connectivity index (χ0) is 16.7. The minimum absolute atomic E-state index is 0.422. The van der Waals surface area contributed by atoms with Crippen LogP contribution in [0.2, 0.25) is 5.02 Å². The van der Waals surface area contributed by atoms with Crippen LogP contribution in [0.4, 0.5) is 4.79 Å². The van der Waals surface area contributed by atoms with Gasteiger partial charge in [-0.15, -0.1) is 0 Å². The summed E-state index contributed by atoms with van der Waals surface area (Å²) < 4.78 is 5.23. The molecule has 2 rings (SSSR count). The van der Waals surface area contributed by atoms with Crippen LogP contribution < -0.4 is 10.1 Å². The van der Waals surface area contributed by atoms with Gasteiger partial charge in [-0.25, -0.2) is 4.79 Å². The number of carbonyl (C=O) groups is 1. The Labute approximate surface area is 142 Å². The van der Waals surface area contributed by atoms with Gasteiger partial charge in [-0.3, -0.25) is 0 Å². The Morgan fingerprint density at radius 1 is 1.09 bits per heavy atom. The number of halogens is 1. The molecule has 121 valence electrons. The third-order valence-corrected chi connectivity index (χ3v) is 3.69. The van der Waals surface area contributed by atoms with E-state index < -0.39 is 6.09 Å². The lowest BCUT2D eigenvalue weighted by molar-refractivity contribution is 0.200. The number of benzene rings is 2. The number of carbonyl (C=O) groups excluding carboxylic acids is 1. The lowest BCUT2D eigenvalue weighted by Crippen LogP contribution is -2.27. The van der Waals surface area contributed by atoms with Crippen LogP contribution in [0.1, 0.15) is 37.8 Å². The quantitative estimate of drug-likeness (QED) is 0.788. The molecular formula is C19H21ClNO2. The normalized spacial score (nSPS) is 10.6. The van der Waals surface area contributed by atoms with Crippen molar-refractivity contribution in [3.8, 4) is 5.75 Å². The Kier molecular flexibility index (Phi) is 6.48. The number of hydrogen-bond acceptors (Lipinski definition) is 2. The monoisotopic (exact) mass is 330 g/mol. The molecule has 0 atom stereocenters. The number of rotatable bonds is 6. The highest BCUT2D eigenvalue weighted by molar-refractivity contribution is 6.30. The van der Waals surface area contributed by atoms with Crippen molar-refractivity contribution in [3.05, 3.63) is 70.6 Å². The predicted octanol–water partition coefficient (Wildman–Crippen LogP) is 5.22. The summed E-state index contributed by atoms with van der Waals surface area (Å²) in [4.78, 5) is 11.6. The fraction of sp³-hybridized carbons (Fsp3) is 0.263. The summed E-state index contributed by atoms with van der Waals surface area (Å²) in [5.74, 6) is 1.73. The standard InChI is InChI=1S/C19H21ClNO2/c1-3-12-21-19(22)23-17-10-8-14(9-11-17)18(4-2)15-6-5-7-16(20)13-15/h5-11,13H,3-4,12H2,1-2H3,(H,21,22). The maximum absolute atomic E-state index is 11.6. The molecule has 1 amide bonds. The molecule has 0 aliphatic rings. The summed E-state index contributed by atoms with van der Waals surface area (Å²) in [6.07, 6.45) is 1.34. The van der Waals surface area contributed by atoms with E-state index in [4.69, 9.17) is 16.3 Å². The summed E-state index contributed by atoms with van der Waals surface area (Å²) in [6.45, 7) is 4.71. The van der Waals surface area contributed by atoms with Gasteiger partial charge in [0, 0.05) is 17.5 Å². The second kappa shape index (κ2) is 8.59. The van der Waals surface area contributed by atoms with E-state index >= 15 is 0 Å². The van der Waals surface area contributed by atoms with Crippen molar-refractivity contribution < 1.29 is 9.53 Å². The lowest BCUT2D eigenvalue weighted by Gasteiger charge is -2.16. The number of nitrogens with one attached hydrogen (secondary N) is 1. The lowest BCUT2D eigenvalue weighted by atomic mass is 9.89. The molecule has 2 aromatic carbocycles. The molecular weight excluding hydrogens is 310 g/mol. The first-order chi connectivity index (χ1) is 11.1. The van der Waals surface area contributed by atoms with E-state index in [1.807, 2.05) is 43.3 Å². The van der Waals surface area contributed by atoms with E-state index in [1.165, 1.54) is 5.92 Å². The molecule has 4 heteroatoms. The highest BCUT2D eigenvalue weighted by Gasteiger charge is 2.14. The van der Waals surface area contributed by atoms with Crippen molar-refractivity contribution in [3.63, 3.8) is 0 Å². The Morgan fingerprint density at radius 2 is 1.83 bits per heavy atom. The Morgan fingerprint density at radius 3 is 2.43 bits per heavy atom. The van der Waals surface area contributed by atoms with Crippen molar-refractivity contribution >= 4 is 17.7 Å². The van der Waals surface area contributed by atoms with Crippen molar-refractivity contribution in [2.24, 2.45) is 0 Å². The van der Waals surface area contributed by atoms with Crippen LogP contribution in [0.25, 0.3) is 0 Å². The second-order valence-corrected chi connectivity index (χ2v) is 5.62. The zero-order valence-corrected chi connectivity index (χ0v) is 14.2. The predicted molar refractivity (Wildman–Crippen MR) is 93.9 cm³/mol. The van der Waals surface area contributed by atoms with Crippen LogP contribution in [0.15, 0.2) is 48.5 Å². The molecule has 0 bridgehead atoms. The molecule has 0 spiro atoms. The van der Waals surface area contributed by atoms with E-state index in [0.29, 0.717) is 12.3 Å². The average Bonchev–Trinajstić information content (AvgIpc) is 2.55. The Bertz CT molecular complexity index is 640. The number of hydrogen-bond donors (Lipinski definition) is 1. The molecule has 0 saturated carbocycles. The van der Waals surface area contributed by atoms with Gasteiger partial charge in [0.25, 0.3) is 0 Å². The van der Waals surface area contributed by atoms with Crippen molar-refractivity contribution in [2.45, 2.75) is 26.7 Å². The number of amides is 1. The molecule has 0 heterocycles. The molecule has 0 saturated heterocycles. The van der Waals surface area contributed by atoms with Gasteiger partial charge < -0.3 is 10.1 Å². The summed E-state index contributed by atoms with van der Waals surface area (Å²) in [7, 11) is 0. The van der Waals surface area contributed by atoms with E-state index in [2.05, 4.69) is 12.2 Å². The van der Waals surface area contributed by atoms with Crippen LogP contribution in [0.3, 0.4) is 0 Å². The molecule has 1 N–H and O–H groups in total. The van der Waals surface area contributed by atoms with E-state index in [0.717, 1.165) is 29.0 Å². The smallest absolute Gasteiger partial charge is 0.410 e. The van der Waals surface area contributed by atoms with Crippen molar-refractivity contribution in [1.29, 1.82) is 0 Å². The number of ether oxygens (including phenoxy) is 1. The third-order valence-electron chi connectivity index (χ3n) is 3.46. The Balaban J connectivity index is 2.09. The largest absolute Gasteiger partial charge is 0.412 e. The minimum atomic E-state index is -0.422. The second-order valence-electron chi connectivity index (χ2n) is 5.18. The maximum atomic E-state index is 11.6. The van der Waals surface area contributed by atoms with Crippen LogP contribution in [0.5, 0.6) is 5.75 Å². The van der Waals surface area contributed by atoms with Crippen LogP contribution >= 0.6 is 11.6 Å². The summed E-state index contributed by atoms with van der Waals surface area (Å²) in [5, 5.41) is 3.40. The third kappa shape index (κ3) is 5.00. The van der Waals surface area contributed by atoms with Crippen LogP contribution in [0, 0.1) is 5.92 Å².